The van der Waals surface area contributed by atoms with Crippen LogP contribution in [-0.2, 0) is 0 Å². The van der Waals surface area contributed by atoms with Crippen molar-refractivity contribution in [3.63, 3.8) is 0 Å². The van der Waals surface area contributed by atoms with E-state index in [9.17, 15) is 4.79 Å². The summed E-state index contributed by atoms with van der Waals surface area (Å²) >= 11 is 1.86. The third kappa shape index (κ3) is 3.56. The van der Waals surface area contributed by atoms with Crippen molar-refractivity contribution in [3.05, 3.63) is 53.7 Å². The molecule has 24 heavy (non-hydrogen) atoms. The third-order valence-electron chi connectivity index (χ3n) is 4.36. The summed E-state index contributed by atoms with van der Waals surface area (Å²) in [6.07, 6.45) is 2.63. The minimum atomic E-state index is -0.0553. The smallest absolute Gasteiger partial charge is 0.253 e. The van der Waals surface area contributed by atoms with E-state index in [1.165, 1.54) is 10.5 Å². The maximum Gasteiger partial charge on any atom is 0.253 e. The zero-order chi connectivity index (χ0) is 16.9. The largest absolute Gasteiger partial charge is 0.357 e. The number of amides is 1. The van der Waals surface area contributed by atoms with Crippen molar-refractivity contribution in [1.29, 1.82) is 0 Å². The van der Waals surface area contributed by atoms with Gasteiger partial charge in [0.25, 0.3) is 5.91 Å². The highest BCUT2D eigenvalue weighted by Gasteiger charge is 2.22. The number of benzene rings is 1. The lowest BCUT2D eigenvalue weighted by Gasteiger charge is -2.26. The third-order valence-corrected chi connectivity index (χ3v) is 5.48. The van der Waals surface area contributed by atoms with Crippen molar-refractivity contribution in [1.82, 2.24) is 10.3 Å². The van der Waals surface area contributed by atoms with Crippen LogP contribution in [0, 0.1) is 0 Å². The molecule has 1 atom stereocenters. The lowest BCUT2D eigenvalue weighted by molar-refractivity contribution is 0.0934. The van der Waals surface area contributed by atoms with Gasteiger partial charge in [-0.25, -0.2) is 4.98 Å². The predicted octanol–water partition coefficient (Wildman–Crippen LogP) is 3.89. The molecule has 5 heteroatoms. The van der Waals surface area contributed by atoms with Crippen molar-refractivity contribution in [2.45, 2.75) is 31.2 Å². The lowest BCUT2D eigenvalue weighted by atomic mass is 10.0. The number of carbonyl (C=O) groups is 1. The Balaban J connectivity index is 1.72. The van der Waals surface area contributed by atoms with Crippen LogP contribution in [0.3, 0.4) is 0 Å². The number of thioether (sulfide) groups is 1. The van der Waals surface area contributed by atoms with Crippen molar-refractivity contribution in [3.8, 4) is 0 Å². The van der Waals surface area contributed by atoms with Crippen LogP contribution >= 0.6 is 11.8 Å². The minimum absolute atomic E-state index is 0.0553. The van der Waals surface area contributed by atoms with E-state index in [4.69, 9.17) is 0 Å². The quantitative estimate of drug-likeness (QED) is 0.896. The summed E-state index contributed by atoms with van der Waals surface area (Å²) in [7, 11) is 0. The molecule has 0 unspecified atom stereocenters. The lowest BCUT2D eigenvalue weighted by Crippen LogP contribution is -2.31. The number of nitrogens with zero attached hydrogens (tertiary/aromatic N) is 2. The summed E-state index contributed by atoms with van der Waals surface area (Å²) in [6.45, 7) is 6.02. The van der Waals surface area contributed by atoms with Crippen LogP contribution in [0.1, 0.15) is 42.2 Å². The molecule has 2 heterocycles. The van der Waals surface area contributed by atoms with Crippen LogP contribution < -0.4 is 10.2 Å². The molecule has 1 aliphatic heterocycles. The minimum Gasteiger partial charge on any atom is -0.357 e. The number of carbonyl (C=O) groups excluding carboxylic acids is 1. The van der Waals surface area contributed by atoms with Gasteiger partial charge in [0, 0.05) is 29.9 Å². The molecule has 0 saturated carbocycles. The summed E-state index contributed by atoms with van der Waals surface area (Å²) in [5.74, 6) is 1.89. The summed E-state index contributed by atoms with van der Waals surface area (Å²) in [5, 5.41) is 3.16. The van der Waals surface area contributed by atoms with E-state index in [0.29, 0.717) is 5.56 Å². The highest BCUT2D eigenvalue weighted by molar-refractivity contribution is 7.99. The molecular formula is C19H23N3OS. The topological polar surface area (TPSA) is 45.2 Å². The fraction of sp³-hybridized carbons (Fsp3) is 0.368. The molecule has 1 aromatic carbocycles. The van der Waals surface area contributed by atoms with Crippen molar-refractivity contribution in [2.24, 2.45) is 0 Å². The highest BCUT2D eigenvalue weighted by atomic mass is 32.2. The maximum absolute atomic E-state index is 12.6. The molecule has 1 amide bonds. The van der Waals surface area contributed by atoms with Gasteiger partial charge >= 0.3 is 0 Å². The second-order valence-electron chi connectivity index (χ2n) is 5.78. The van der Waals surface area contributed by atoms with E-state index in [1.807, 2.05) is 36.0 Å². The van der Waals surface area contributed by atoms with Crippen LogP contribution in [0.15, 0.2) is 47.5 Å². The molecule has 0 fully saturated rings. The number of nitrogens with one attached hydrogen (secondary N) is 1. The Morgan fingerprint density at radius 3 is 2.75 bits per heavy atom. The fourth-order valence-corrected chi connectivity index (χ4v) is 4.11. The molecule has 1 N–H and O–H groups in total. The zero-order valence-electron chi connectivity index (χ0n) is 14.2. The van der Waals surface area contributed by atoms with Gasteiger partial charge in [0.2, 0.25) is 0 Å². The van der Waals surface area contributed by atoms with Crippen molar-refractivity contribution < 1.29 is 4.79 Å². The molecule has 1 aromatic heterocycles. The summed E-state index contributed by atoms with van der Waals surface area (Å²) in [6, 6.07) is 12.2. The first-order chi connectivity index (χ1) is 11.7. The van der Waals surface area contributed by atoms with Crippen molar-refractivity contribution >= 4 is 23.5 Å². The first-order valence-electron chi connectivity index (χ1n) is 8.46. The Morgan fingerprint density at radius 1 is 1.25 bits per heavy atom. The summed E-state index contributed by atoms with van der Waals surface area (Å²) in [4.78, 5) is 20.4. The number of anilines is 1. The van der Waals surface area contributed by atoms with Gasteiger partial charge in [-0.05, 0) is 44.0 Å². The Bertz CT molecular complexity index is 698. The first-order valence-corrected chi connectivity index (χ1v) is 9.45. The van der Waals surface area contributed by atoms with Gasteiger partial charge in [0.05, 0.1) is 11.6 Å². The fourth-order valence-electron chi connectivity index (χ4n) is 2.99. The second-order valence-corrected chi connectivity index (χ2v) is 6.92. The Morgan fingerprint density at radius 2 is 2.04 bits per heavy atom. The van der Waals surface area contributed by atoms with Crippen LogP contribution in [0.4, 0.5) is 5.82 Å². The highest BCUT2D eigenvalue weighted by Crippen LogP contribution is 2.35. The van der Waals surface area contributed by atoms with E-state index in [2.05, 4.69) is 41.2 Å². The second kappa shape index (κ2) is 7.71. The molecule has 0 spiro atoms. The van der Waals surface area contributed by atoms with E-state index in [-0.39, 0.29) is 11.9 Å². The van der Waals surface area contributed by atoms with Gasteiger partial charge in [0.1, 0.15) is 5.82 Å². The van der Waals surface area contributed by atoms with Crippen LogP contribution in [0.2, 0.25) is 0 Å². The number of hydrogen-bond donors (Lipinski definition) is 1. The number of aromatic nitrogens is 1. The van der Waals surface area contributed by atoms with Crippen LogP contribution in [0.25, 0.3) is 0 Å². The first kappa shape index (κ1) is 16.8. The molecule has 126 valence electrons. The molecule has 0 saturated heterocycles. The van der Waals surface area contributed by atoms with Gasteiger partial charge in [-0.1, -0.05) is 18.2 Å². The van der Waals surface area contributed by atoms with E-state index in [0.717, 1.165) is 31.1 Å². The summed E-state index contributed by atoms with van der Waals surface area (Å²) < 4.78 is 0. The van der Waals surface area contributed by atoms with Crippen LogP contribution in [0.5, 0.6) is 0 Å². The van der Waals surface area contributed by atoms with Gasteiger partial charge < -0.3 is 10.2 Å². The molecular weight excluding hydrogens is 318 g/mol. The average molecular weight is 341 g/mol. The van der Waals surface area contributed by atoms with Gasteiger partial charge in [-0.15, -0.1) is 11.8 Å². The van der Waals surface area contributed by atoms with Gasteiger partial charge in [0.15, 0.2) is 0 Å². The molecule has 3 rings (SSSR count). The molecule has 2 aromatic rings. The average Bonchev–Trinajstić information content (AvgIpc) is 2.63. The molecule has 0 aliphatic carbocycles. The number of fused-ring (bicyclic) bond motifs is 1. The van der Waals surface area contributed by atoms with Crippen molar-refractivity contribution in [2.75, 3.05) is 23.7 Å². The molecule has 4 nitrogen and oxygen atoms in total. The Kier molecular flexibility index (Phi) is 5.41. The Labute approximate surface area is 147 Å². The summed E-state index contributed by atoms with van der Waals surface area (Å²) in [5.41, 5.74) is 1.83. The maximum atomic E-state index is 12.6. The number of pyridine rings is 1. The molecule has 1 aliphatic rings. The standard InChI is InChI=1S/C19H23N3OS/c1-3-22(4-2)18-10-9-14(13-20-18)19(23)21-16-11-12-24-17-8-6-5-7-15(16)17/h5-10,13,16H,3-4,11-12H2,1-2H3,(H,21,23)/t16-/m0/s1. The SMILES string of the molecule is CCN(CC)c1ccc(C(=O)N[C@H]2CCSc3ccccc32)cn1. The van der Waals surface area contributed by atoms with E-state index < -0.39 is 0 Å². The molecule has 0 radical (unpaired) electrons. The van der Waals surface area contributed by atoms with Crippen LogP contribution in [-0.4, -0.2) is 29.7 Å². The van der Waals surface area contributed by atoms with Gasteiger partial charge in [-0.3, -0.25) is 4.79 Å². The Hall–Kier alpha value is -2.01. The van der Waals surface area contributed by atoms with E-state index >= 15 is 0 Å². The number of rotatable bonds is 5. The van der Waals surface area contributed by atoms with E-state index in [1.54, 1.807) is 6.20 Å². The van der Waals surface area contributed by atoms with Gasteiger partial charge in [-0.2, -0.15) is 0 Å². The normalized spacial score (nSPS) is 16.3. The predicted molar refractivity (Wildman–Crippen MR) is 99.8 cm³/mol. The zero-order valence-corrected chi connectivity index (χ0v) is 15.0. The molecule has 0 bridgehead atoms. The number of hydrogen-bond acceptors (Lipinski definition) is 4. The monoisotopic (exact) mass is 341 g/mol.